The molecule has 17 heavy (non-hydrogen) atoms. The summed E-state index contributed by atoms with van der Waals surface area (Å²) in [5, 5.41) is 0. The Morgan fingerprint density at radius 3 is 2.76 bits per heavy atom. The van der Waals surface area contributed by atoms with E-state index in [0.29, 0.717) is 25.4 Å². The Labute approximate surface area is 102 Å². The zero-order chi connectivity index (χ0) is 11.9. The molecule has 1 fully saturated rings. The fraction of sp³-hybridized carbons (Fsp3) is 0.818. The maximum absolute atomic E-state index is 11.7. The van der Waals surface area contributed by atoms with Crippen molar-refractivity contribution in [2.45, 2.75) is 25.3 Å². The molecule has 3 heterocycles. The predicted octanol–water partition coefficient (Wildman–Crippen LogP) is 0.485. The molecule has 0 spiro atoms. The molecule has 5 nitrogen and oxygen atoms in total. The fourth-order valence-electron chi connectivity index (χ4n) is 2.83. The molecule has 1 atom stereocenters. The summed E-state index contributed by atoms with van der Waals surface area (Å²) in [7, 11) is -3.39. The van der Waals surface area contributed by atoms with Gasteiger partial charge >= 0.3 is 10.1 Å². The molecule has 0 saturated carbocycles. The monoisotopic (exact) mass is 259 g/mol. The van der Waals surface area contributed by atoms with Gasteiger partial charge in [0.2, 0.25) is 0 Å². The number of hydrogen-bond donors (Lipinski definition) is 0. The Balaban J connectivity index is 1.94. The fourth-order valence-corrected chi connectivity index (χ4v) is 4.19. The highest BCUT2D eigenvalue weighted by molar-refractivity contribution is 7.86. The average molecular weight is 259 g/mol. The zero-order valence-electron chi connectivity index (χ0n) is 9.72. The molecule has 0 N–H and O–H groups in total. The van der Waals surface area contributed by atoms with E-state index >= 15 is 0 Å². The van der Waals surface area contributed by atoms with Crippen molar-refractivity contribution in [3.63, 3.8) is 0 Å². The summed E-state index contributed by atoms with van der Waals surface area (Å²) in [5.41, 5.74) is 1.05. The van der Waals surface area contributed by atoms with E-state index in [2.05, 4.69) is 4.90 Å². The second-order valence-electron chi connectivity index (χ2n) is 4.82. The van der Waals surface area contributed by atoms with Gasteiger partial charge in [-0.05, 0) is 25.9 Å². The van der Waals surface area contributed by atoms with E-state index < -0.39 is 10.1 Å². The molecule has 0 amide bonds. The summed E-state index contributed by atoms with van der Waals surface area (Å²) < 4.78 is 34.0. The summed E-state index contributed by atoms with van der Waals surface area (Å²) >= 11 is 0. The second kappa shape index (κ2) is 4.26. The van der Waals surface area contributed by atoms with E-state index in [4.69, 9.17) is 8.92 Å². The van der Waals surface area contributed by atoms with Crippen molar-refractivity contribution in [3.05, 3.63) is 11.3 Å². The van der Waals surface area contributed by atoms with E-state index in [1.54, 1.807) is 0 Å². The van der Waals surface area contributed by atoms with Crippen molar-refractivity contribution in [2.24, 2.45) is 0 Å². The molecule has 3 rings (SSSR count). The maximum Gasteiger partial charge on any atom is 0.310 e. The van der Waals surface area contributed by atoms with Crippen molar-refractivity contribution in [1.82, 2.24) is 4.90 Å². The topological polar surface area (TPSA) is 55.8 Å². The van der Waals surface area contributed by atoms with Crippen LogP contribution in [0.4, 0.5) is 0 Å². The lowest BCUT2D eigenvalue weighted by Gasteiger charge is -2.36. The van der Waals surface area contributed by atoms with Gasteiger partial charge in [0.05, 0.1) is 19.3 Å². The van der Waals surface area contributed by atoms with Crippen LogP contribution in [0.25, 0.3) is 0 Å². The van der Waals surface area contributed by atoms with Crippen molar-refractivity contribution in [3.8, 4) is 0 Å². The lowest BCUT2D eigenvalue weighted by Crippen LogP contribution is -2.45. The van der Waals surface area contributed by atoms with Crippen molar-refractivity contribution in [1.29, 1.82) is 0 Å². The molecule has 0 radical (unpaired) electrons. The number of ether oxygens (including phenoxy) is 1. The van der Waals surface area contributed by atoms with Gasteiger partial charge in [0.15, 0.2) is 0 Å². The number of likely N-dealkylation sites (tertiary alicyclic amines) is 1. The van der Waals surface area contributed by atoms with Crippen LogP contribution in [-0.2, 0) is 19.0 Å². The van der Waals surface area contributed by atoms with Gasteiger partial charge in [0.25, 0.3) is 0 Å². The standard InChI is InChI=1S/C11H17NO4S/c13-17(14)8-10(12-4-1-2-5-12)9-7-15-6-3-11(9)16-17/h10H,1-8H2. The van der Waals surface area contributed by atoms with Crippen LogP contribution >= 0.6 is 0 Å². The molecular formula is C11H17NO4S. The third-order valence-electron chi connectivity index (χ3n) is 3.66. The SMILES string of the molecule is O=S1(=O)CC(N2CCCC2)C2=C(CCOC2)O1. The number of nitrogens with zero attached hydrogens (tertiary/aromatic N) is 1. The number of rotatable bonds is 1. The minimum atomic E-state index is -3.39. The van der Waals surface area contributed by atoms with E-state index in [1.807, 2.05) is 0 Å². The first-order valence-electron chi connectivity index (χ1n) is 6.11. The third kappa shape index (κ3) is 2.21. The first-order chi connectivity index (χ1) is 8.16. The second-order valence-corrected chi connectivity index (χ2v) is 6.43. The van der Waals surface area contributed by atoms with E-state index in [9.17, 15) is 8.42 Å². The molecule has 6 heteroatoms. The lowest BCUT2D eigenvalue weighted by molar-refractivity contribution is 0.109. The molecular weight excluding hydrogens is 242 g/mol. The van der Waals surface area contributed by atoms with Crippen LogP contribution in [0.3, 0.4) is 0 Å². The molecule has 0 aromatic rings. The van der Waals surface area contributed by atoms with E-state index in [0.717, 1.165) is 31.5 Å². The molecule has 1 saturated heterocycles. The smallest absolute Gasteiger partial charge is 0.310 e. The van der Waals surface area contributed by atoms with Crippen LogP contribution in [-0.4, -0.2) is 51.4 Å². The predicted molar refractivity (Wildman–Crippen MR) is 61.9 cm³/mol. The van der Waals surface area contributed by atoms with Gasteiger partial charge in [-0.25, -0.2) is 0 Å². The zero-order valence-corrected chi connectivity index (χ0v) is 10.5. The highest BCUT2D eigenvalue weighted by Gasteiger charge is 2.38. The Morgan fingerprint density at radius 1 is 1.24 bits per heavy atom. The quantitative estimate of drug-likeness (QED) is 0.641. The summed E-state index contributed by atoms with van der Waals surface area (Å²) in [5.74, 6) is 0.717. The van der Waals surface area contributed by atoms with Crippen molar-refractivity contribution in [2.75, 3.05) is 32.1 Å². The van der Waals surface area contributed by atoms with E-state index in [-0.39, 0.29) is 11.8 Å². The summed E-state index contributed by atoms with van der Waals surface area (Å²) in [6, 6.07) is -0.0217. The summed E-state index contributed by atoms with van der Waals surface area (Å²) in [6.07, 6.45) is 2.89. The average Bonchev–Trinajstić information content (AvgIpc) is 2.80. The first kappa shape index (κ1) is 11.5. The normalized spacial score (nSPS) is 33.3. The van der Waals surface area contributed by atoms with Gasteiger partial charge in [-0.15, -0.1) is 0 Å². The van der Waals surface area contributed by atoms with Gasteiger partial charge in [-0.1, -0.05) is 0 Å². The van der Waals surface area contributed by atoms with Gasteiger partial charge in [-0.3, -0.25) is 4.90 Å². The molecule has 0 aromatic heterocycles. The Kier molecular flexibility index (Phi) is 2.88. The third-order valence-corrected chi connectivity index (χ3v) is 4.84. The van der Waals surface area contributed by atoms with Crippen molar-refractivity contribution < 1.29 is 17.3 Å². The molecule has 3 aliphatic rings. The minimum Gasteiger partial charge on any atom is -0.387 e. The molecule has 0 aromatic carbocycles. The largest absolute Gasteiger partial charge is 0.387 e. The summed E-state index contributed by atoms with van der Waals surface area (Å²) in [6.45, 7) is 3.04. The molecule has 3 aliphatic heterocycles. The Hall–Kier alpha value is -0.590. The van der Waals surface area contributed by atoms with Crippen molar-refractivity contribution >= 4 is 10.1 Å². The van der Waals surface area contributed by atoms with Gasteiger partial charge < -0.3 is 8.92 Å². The maximum atomic E-state index is 11.7. The highest BCUT2D eigenvalue weighted by Crippen LogP contribution is 2.31. The van der Waals surface area contributed by atoms with E-state index in [1.165, 1.54) is 0 Å². The van der Waals surface area contributed by atoms with Crippen LogP contribution in [0.5, 0.6) is 0 Å². The van der Waals surface area contributed by atoms with Crippen LogP contribution < -0.4 is 0 Å². The lowest BCUT2D eigenvalue weighted by atomic mass is 10.0. The Bertz CT molecular complexity index is 436. The molecule has 0 aliphatic carbocycles. The van der Waals surface area contributed by atoms with Crippen LogP contribution in [0.1, 0.15) is 19.3 Å². The number of hydrogen-bond acceptors (Lipinski definition) is 5. The first-order valence-corrected chi connectivity index (χ1v) is 7.69. The molecule has 96 valence electrons. The van der Waals surface area contributed by atoms with Gasteiger partial charge in [0.1, 0.15) is 11.5 Å². The molecule has 1 unspecified atom stereocenters. The molecule has 0 bridgehead atoms. The van der Waals surface area contributed by atoms with Crippen LogP contribution in [0.2, 0.25) is 0 Å². The summed E-state index contributed by atoms with van der Waals surface area (Å²) in [4.78, 5) is 2.25. The van der Waals surface area contributed by atoms with Gasteiger partial charge in [0, 0.05) is 12.0 Å². The van der Waals surface area contributed by atoms with Crippen LogP contribution in [0, 0.1) is 0 Å². The van der Waals surface area contributed by atoms with Gasteiger partial charge in [-0.2, -0.15) is 8.42 Å². The Morgan fingerprint density at radius 2 is 2.00 bits per heavy atom. The highest BCUT2D eigenvalue weighted by atomic mass is 32.2. The minimum absolute atomic E-state index is 0.0217. The van der Waals surface area contributed by atoms with Crippen LogP contribution in [0.15, 0.2) is 11.3 Å².